The molecule has 0 aliphatic rings. The van der Waals surface area contributed by atoms with Crippen LogP contribution >= 0.6 is 11.3 Å². The van der Waals surface area contributed by atoms with Crippen LogP contribution in [-0.2, 0) is 23.1 Å². The van der Waals surface area contributed by atoms with Gasteiger partial charge in [0.05, 0.1) is 9.82 Å². The molecule has 0 aliphatic carbocycles. The maximum atomic E-state index is 12.5. The van der Waals surface area contributed by atoms with Gasteiger partial charge in [-0.2, -0.15) is 0 Å². The zero-order chi connectivity index (χ0) is 20.9. The fraction of sp³-hybridized carbons (Fsp3) is 0.105. The van der Waals surface area contributed by atoms with Crippen molar-refractivity contribution in [1.82, 2.24) is 10.0 Å². The van der Waals surface area contributed by atoms with Gasteiger partial charge in [0.25, 0.3) is 11.6 Å². The van der Waals surface area contributed by atoms with Gasteiger partial charge in [-0.25, -0.2) is 13.1 Å². The maximum absolute atomic E-state index is 12.5. The van der Waals surface area contributed by atoms with Crippen molar-refractivity contribution in [2.45, 2.75) is 18.0 Å². The Morgan fingerprint density at radius 3 is 2.45 bits per heavy atom. The second kappa shape index (κ2) is 8.95. The molecule has 1 amide bonds. The number of nitrogens with zero attached hydrogens (tertiary/aromatic N) is 1. The molecule has 0 unspecified atom stereocenters. The Hall–Kier alpha value is -3.08. The molecule has 8 nitrogen and oxygen atoms in total. The lowest BCUT2D eigenvalue weighted by Crippen LogP contribution is -2.25. The molecule has 2 aromatic carbocycles. The van der Waals surface area contributed by atoms with E-state index in [2.05, 4.69) is 10.0 Å². The van der Waals surface area contributed by atoms with Crippen molar-refractivity contribution in [3.05, 3.63) is 92.2 Å². The summed E-state index contributed by atoms with van der Waals surface area (Å²) in [5.74, 6) is -0.446. The molecule has 0 saturated heterocycles. The van der Waals surface area contributed by atoms with E-state index in [4.69, 9.17) is 0 Å². The lowest BCUT2D eigenvalue weighted by Gasteiger charge is -2.09. The topological polar surface area (TPSA) is 118 Å². The van der Waals surface area contributed by atoms with Gasteiger partial charge in [0, 0.05) is 35.7 Å². The van der Waals surface area contributed by atoms with Crippen molar-refractivity contribution < 1.29 is 18.1 Å². The summed E-state index contributed by atoms with van der Waals surface area (Å²) in [6, 6.07) is 15.2. The van der Waals surface area contributed by atoms with E-state index in [0.717, 1.165) is 4.88 Å². The predicted molar refractivity (Wildman–Crippen MR) is 109 cm³/mol. The lowest BCUT2D eigenvalue weighted by atomic mass is 10.2. The number of non-ortho nitro benzene ring substituents is 1. The van der Waals surface area contributed by atoms with E-state index in [1.54, 1.807) is 12.1 Å². The SMILES string of the molecule is O=C(NCc1ccc([N+](=O)[O-])cc1)c1cccc(S(=O)(=O)NCc2cccs2)c1. The number of benzene rings is 2. The molecule has 0 saturated carbocycles. The molecule has 1 aromatic heterocycles. The lowest BCUT2D eigenvalue weighted by molar-refractivity contribution is -0.384. The van der Waals surface area contributed by atoms with Crippen molar-refractivity contribution in [3.8, 4) is 0 Å². The Morgan fingerprint density at radius 2 is 1.79 bits per heavy atom. The first-order chi connectivity index (χ1) is 13.8. The van der Waals surface area contributed by atoms with E-state index < -0.39 is 20.9 Å². The highest BCUT2D eigenvalue weighted by Crippen LogP contribution is 2.15. The van der Waals surface area contributed by atoms with Gasteiger partial charge in [-0.05, 0) is 35.2 Å². The Morgan fingerprint density at radius 1 is 1.03 bits per heavy atom. The minimum Gasteiger partial charge on any atom is -0.348 e. The zero-order valence-electron chi connectivity index (χ0n) is 15.1. The third-order valence-corrected chi connectivity index (χ3v) is 6.30. The third-order valence-electron chi connectivity index (χ3n) is 4.02. The number of nitro groups is 1. The fourth-order valence-corrected chi connectivity index (χ4v) is 4.28. The van der Waals surface area contributed by atoms with Crippen molar-refractivity contribution in [2.24, 2.45) is 0 Å². The molecule has 0 spiro atoms. The summed E-state index contributed by atoms with van der Waals surface area (Å²) in [5, 5.41) is 15.2. The molecule has 10 heteroatoms. The van der Waals surface area contributed by atoms with Gasteiger partial charge in [-0.1, -0.05) is 24.3 Å². The summed E-state index contributed by atoms with van der Waals surface area (Å²) in [4.78, 5) is 23.4. The number of sulfonamides is 1. The van der Waals surface area contributed by atoms with Crippen LogP contribution in [0.25, 0.3) is 0 Å². The highest BCUT2D eigenvalue weighted by molar-refractivity contribution is 7.89. The van der Waals surface area contributed by atoms with Gasteiger partial charge >= 0.3 is 0 Å². The van der Waals surface area contributed by atoms with Crippen LogP contribution in [0.2, 0.25) is 0 Å². The minimum atomic E-state index is -3.76. The summed E-state index contributed by atoms with van der Waals surface area (Å²) < 4.78 is 27.5. The van der Waals surface area contributed by atoms with Crippen molar-refractivity contribution >= 4 is 33.0 Å². The third kappa shape index (κ3) is 5.47. The van der Waals surface area contributed by atoms with E-state index in [1.807, 2.05) is 17.5 Å². The maximum Gasteiger partial charge on any atom is 0.269 e. The van der Waals surface area contributed by atoms with Crippen molar-refractivity contribution in [2.75, 3.05) is 0 Å². The number of carbonyl (C=O) groups is 1. The summed E-state index contributed by atoms with van der Waals surface area (Å²) in [6.07, 6.45) is 0. The van der Waals surface area contributed by atoms with Crippen LogP contribution in [0.5, 0.6) is 0 Å². The van der Waals surface area contributed by atoms with Crippen LogP contribution in [-0.4, -0.2) is 19.2 Å². The molecule has 0 radical (unpaired) electrons. The first kappa shape index (κ1) is 20.6. The van der Waals surface area contributed by atoms with Gasteiger partial charge in [0.15, 0.2) is 0 Å². The molecule has 0 fully saturated rings. The van der Waals surface area contributed by atoms with E-state index in [1.165, 1.54) is 47.7 Å². The number of rotatable bonds is 8. The first-order valence-electron chi connectivity index (χ1n) is 8.49. The zero-order valence-corrected chi connectivity index (χ0v) is 16.7. The Labute approximate surface area is 171 Å². The molecular weight excluding hydrogens is 414 g/mol. The number of nitrogens with one attached hydrogen (secondary N) is 2. The number of carbonyl (C=O) groups excluding carboxylic acids is 1. The summed E-state index contributed by atoms with van der Waals surface area (Å²) in [5.41, 5.74) is 0.851. The predicted octanol–water partition coefficient (Wildman–Crippen LogP) is 3.06. The molecule has 0 bridgehead atoms. The molecule has 2 N–H and O–H groups in total. The fourth-order valence-electron chi connectivity index (χ4n) is 2.49. The van der Waals surface area contributed by atoms with Gasteiger partial charge in [0.1, 0.15) is 0 Å². The summed E-state index contributed by atoms with van der Waals surface area (Å²) >= 11 is 1.45. The van der Waals surface area contributed by atoms with E-state index >= 15 is 0 Å². The van der Waals surface area contributed by atoms with Gasteiger partial charge in [0.2, 0.25) is 10.0 Å². The number of amides is 1. The Balaban J connectivity index is 1.64. The number of thiophene rings is 1. The van der Waals surface area contributed by atoms with Gasteiger partial charge in [-0.15, -0.1) is 11.3 Å². The molecule has 150 valence electrons. The molecule has 3 aromatic rings. The summed E-state index contributed by atoms with van der Waals surface area (Å²) in [6.45, 7) is 0.334. The Kier molecular flexibility index (Phi) is 6.37. The number of hydrogen-bond acceptors (Lipinski definition) is 6. The van der Waals surface area contributed by atoms with E-state index in [0.29, 0.717) is 5.56 Å². The van der Waals surface area contributed by atoms with Crippen LogP contribution in [0, 0.1) is 10.1 Å². The van der Waals surface area contributed by atoms with Crippen LogP contribution < -0.4 is 10.0 Å². The standard InChI is InChI=1S/C19H17N3O5S2/c23-19(20-12-14-6-8-16(9-7-14)22(24)25)15-3-1-5-18(11-15)29(26,27)21-13-17-4-2-10-28-17/h1-11,21H,12-13H2,(H,20,23). The van der Waals surface area contributed by atoms with Crippen LogP contribution in [0.4, 0.5) is 5.69 Å². The average molecular weight is 431 g/mol. The van der Waals surface area contributed by atoms with Crippen molar-refractivity contribution in [3.63, 3.8) is 0 Å². The normalized spacial score (nSPS) is 11.2. The van der Waals surface area contributed by atoms with Crippen LogP contribution in [0.15, 0.2) is 70.9 Å². The molecule has 29 heavy (non-hydrogen) atoms. The minimum absolute atomic E-state index is 0.00274. The highest BCUT2D eigenvalue weighted by Gasteiger charge is 2.16. The molecule has 0 atom stereocenters. The molecule has 3 rings (SSSR count). The quantitative estimate of drug-likeness (QED) is 0.420. The van der Waals surface area contributed by atoms with Gasteiger partial charge in [-0.3, -0.25) is 14.9 Å². The number of nitro benzene ring substituents is 1. The van der Waals surface area contributed by atoms with Crippen molar-refractivity contribution in [1.29, 1.82) is 0 Å². The molecule has 0 aliphatic heterocycles. The number of hydrogen-bond donors (Lipinski definition) is 2. The monoisotopic (exact) mass is 431 g/mol. The van der Waals surface area contributed by atoms with Crippen LogP contribution in [0.3, 0.4) is 0 Å². The molecule has 1 heterocycles. The largest absolute Gasteiger partial charge is 0.348 e. The summed E-state index contributed by atoms with van der Waals surface area (Å²) in [7, 11) is -3.76. The smallest absolute Gasteiger partial charge is 0.269 e. The first-order valence-corrected chi connectivity index (χ1v) is 10.8. The molecular formula is C19H17N3O5S2. The average Bonchev–Trinajstić information content (AvgIpc) is 3.25. The van der Waals surface area contributed by atoms with E-state index in [-0.39, 0.29) is 29.2 Å². The van der Waals surface area contributed by atoms with E-state index in [9.17, 15) is 23.3 Å². The second-order valence-corrected chi connectivity index (χ2v) is 8.84. The Bertz CT molecular complexity index is 1110. The second-order valence-electron chi connectivity index (χ2n) is 6.04. The van der Waals surface area contributed by atoms with Crippen LogP contribution in [0.1, 0.15) is 20.8 Å². The van der Waals surface area contributed by atoms with Gasteiger partial charge < -0.3 is 5.32 Å². The highest BCUT2D eigenvalue weighted by atomic mass is 32.2.